The largest absolute Gasteiger partial charge is 0.437 e. The van der Waals surface area contributed by atoms with E-state index in [1.54, 1.807) is 0 Å². The first kappa shape index (κ1) is 19.7. The highest BCUT2D eigenvalue weighted by molar-refractivity contribution is 5.82. The molecule has 0 spiro atoms. The van der Waals surface area contributed by atoms with Crippen LogP contribution in [0.25, 0.3) is 57.6 Å². The molecule has 35 heavy (non-hydrogen) atoms. The molecule has 4 aromatic carbocycles. The minimum absolute atomic E-state index is 0.616. The summed E-state index contributed by atoms with van der Waals surface area (Å²) < 4.78 is 11.6. The molecule has 4 heteroatoms. The highest BCUT2D eigenvalue weighted by Crippen LogP contribution is 2.38. The van der Waals surface area contributed by atoms with Gasteiger partial charge in [-0.2, -0.15) is 0 Å². The predicted molar refractivity (Wildman–Crippen MR) is 141 cm³/mol. The maximum Gasteiger partial charge on any atom is 0.220 e. The van der Waals surface area contributed by atoms with Crippen molar-refractivity contribution in [3.05, 3.63) is 119 Å². The summed E-state index contributed by atoms with van der Waals surface area (Å²) in [4.78, 5) is 9.05. The number of nitrogens with zero attached hydrogens (tertiary/aromatic N) is 2. The minimum atomic E-state index is 0.616. The summed E-state index contributed by atoms with van der Waals surface area (Å²) in [6.45, 7) is 0. The highest BCUT2D eigenvalue weighted by Gasteiger charge is 2.18. The molecular formula is C31H20N2O2. The number of rotatable bonds is 4. The van der Waals surface area contributed by atoms with E-state index in [0.717, 1.165) is 39.7 Å². The van der Waals surface area contributed by atoms with Crippen molar-refractivity contribution in [1.82, 2.24) is 9.97 Å². The second-order valence-electron chi connectivity index (χ2n) is 8.72. The Labute approximate surface area is 201 Å². The Hall–Kier alpha value is -4.70. The van der Waals surface area contributed by atoms with Gasteiger partial charge in [0, 0.05) is 12.2 Å². The summed E-state index contributed by atoms with van der Waals surface area (Å²) in [5, 5.41) is 0. The number of fused-ring (bicyclic) bond motifs is 5. The van der Waals surface area contributed by atoms with Crippen LogP contribution in [0.1, 0.15) is 34.0 Å². The lowest BCUT2D eigenvalue weighted by molar-refractivity contribution is 0.589. The van der Waals surface area contributed by atoms with Crippen molar-refractivity contribution in [2.24, 2.45) is 0 Å². The molecule has 0 radical (unpaired) electrons. The van der Waals surface area contributed by atoms with E-state index in [2.05, 4.69) is 58.5 Å². The zero-order chi connectivity index (χ0) is 23.2. The van der Waals surface area contributed by atoms with Crippen molar-refractivity contribution in [3.8, 4) is 11.1 Å². The van der Waals surface area contributed by atoms with Gasteiger partial charge in [0.15, 0.2) is 11.2 Å². The van der Waals surface area contributed by atoms with Crippen LogP contribution in [0, 0.1) is 0 Å². The summed E-state index contributed by atoms with van der Waals surface area (Å²) in [5.41, 5.74) is 10.9. The number of hydrogen-bond donors (Lipinski definition) is 0. The van der Waals surface area contributed by atoms with Gasteiger partial charge in [-0.3, -0.25) is 0 Å². The first-order chi connectivity index (χ1) is 17.3. The van der Waals surface area contributed by atoms with Gasteiger partial charge in [0.25, 0.3) is 0 Å². The quantitative estimate of drug-likeness (QED) is 0.272. The molecule has 0 aliphatic heterocycles. The zero-order valence-electron chi connectivity index (χ0n) is 18.8. The fraction of sp³-hybridized carbons (Fsp3) is 0.0323. The zero-order valence-corrected chi connectivity index (χ0v) is 18.8. The molecule has 1 aliphatic rings. The molecule has 0 saturated heterocycles. The molecule has 4 nitrogen and oxygen atoms in total. The molecular weight excluding hydrogens is 432 g/mol. The number of aromatic nitrogens is 2. The van der Waals surface area contributed by atoms with E-state index in [1.165, 1.54) is 22.3 Å². The summed E-state index contributed by atoms with van der Waals surface area (Å²) in [5.74, 6) is 1.23. The second-order valence-corrected chi connectivity index (χ2v) is 8.72. The van der Waals surface area contributed by atoms with Crippen LogP contribution in [0.15, 0.2) is 93.8 Å². The summed E-state index contributed by atoms with van der Waals surface area (Å²) in [6.07, 6.45) is 8.89. The second kappa shape index (κ2) is 7.96. The van der Waals surface area contributed by atoms with Gasteiger partial charge in [-0.15, -0.1) is 0 Å². The first-order valence-electron chi connectivity index (χ1n) is 11.6. The maximum absolute atomic E-state index is 5.80. The van der Waals surface area contributed by atoms with Crippen LogP contribution in [0.4, 0.5) is 0 Å². The van der Waals surface area contributed by atoms with E-state index >= 15 is 0 Å². The molecule has 166 valence electrons. The van der Waals surface area contributed by atoms with Gasteiger partial charge in [0.2, 0.25) is 11.8 Å². The van der Waals surface area contributed by atoms with E-state index in [4.69, 9.17) is 8.83 Å². The predicted octanol–water partition coefficient (Wildman–Crippen LogP) is 7.88. The molecule has 0 saturated carbocycles. The van der Waals surface area contributed by atoms with Crippen molar-refractivity contribution >= 4 is 46.5 Å². The Balaban J connectivity index is 1.12. The number of oxazole rings is 2. The van der Waals surface area contributed by atoms with E-state index < -0.39 is 0 Å². The lowest BCUT2D eigenvalue weighted by Crippen LogP contribution is -1.82. The third kappa shape index (κ3) is 3.65. The molecule has 0 unspecified atom stereocenters. The van der Waals surface area contributed by atoms with Crippen molar-refractivity contribution in [2.45, 2.75) is 6.42 Å². The van der Waals surface area contributed by atoms with Gasteiger partial charge >= 0.3 is 0 Å². The van der Waals surface area contributed by atoms with Crippen LogP contribution < -0.4 is 0 Å². The van der Waals surface area contributed by atoms with Crippen molar-refractivity contribution in [3.63, 3.8) is 0 Å². The summed E-state index contributed by atoms with van der Waals surface area (Å²) in [6, 6.07) is 28.8. The Kier molecular flexibility index (Phi) is 4.49. The Morgan fingerprint density at radius 1 is 0.543 bits per heavy atom. The van der Waals surface area contributed by atoms with Crippen LogP contribution in [0.5, 0.6) is 0 Å². The van der Waals surface area contributed by atoms with Gasteiger partial charge < -0.3 is 8.83 Å². The Morgan fingerprint density at radius 2 is 1.03 bits per heavy atom. The van der Waals surface area contributed by atoms with E-state index in [-0.39, 0.29) is 0 Å². The SMILES string of the molecule is C(=Cc1nc2ccccc2o1)c1ccc2c(c1)Cc1cc(C=Cc3nc4ccccc4o3)ccc1-2. The molecule has 7 rings (SSSR count). The van der Waals surface area contributed by atoms with Crippen LogP contribution >= 0.6 is 0 Å². The molecule has 0 N–H and O–H groups in total. The lowest BCUT2D eigenvalue weighted by Gasteiger charge is -2.03. The van der Waals surface area contributed by atoms with Crippen LogP contribution in [-0.4, -0.2) is 9.97 Å². The highest BCUT2D eigenvalue weighted by atomic mass is 16.4. The van der Waals surface area contributed by atoms with E-state index in [0.29, 0.717) is 11.8 Å². The normalized spacial score (nSPS) is 12.8. The molecule has 0 atom stereocenters. The van der Waals surface area contributed by atoms with Gasteiger partial charge in [0.1, 0.15) is 11.0 Å². The fourth-order valence-corrected chi connectivity index (χ4v) is 4.72. The van der Waals surface area contributed by atoms with Gasteiger partial charge in [-0.1, -0.05) is 60.7 Å². The van der Waals surface area contributed by atoms with Crippen molar-refractivity contribution < 1.29 is 8.83 Å². The maximum atomic E-state index is 5.80. The van der Waals surface area contributed by atoms with Crippen molar-refractivity contribution in [1.29, 1.82) is 0 Å². The molecule has 0 fully saturated rings. The minimum Gasteiger partial charge on any atom is -0.437 e. The summed E-state index contributed by atoms with van der Waals surface area (Å²) in [7, 11) is 0. The molecule has 2 heterocycles. The number of para-hydroxylation sites is 4. The lowest BCUT2D eigenvalue weighted by atomic mass is 10.0. The fourth-order valence-electron chi connectivity index (χ4n) is 4.72. The Bertz CT molecular complexity index is 1590. The summed E-state index contributed by atoms with van der Waals surface area (Å²) >= 11 is 0. The smallest absolute Gasteiger partial charge is 0.220 e. The average Bonchev–Trinajstić information content (AvgIpc) is 3.59. The van der Waals surface area contributed by atoms with Gasteiger partial charge in [-0.05, 0) is 76.2 Å². The van der Waals surface area contributed by atoms with Crippen LogP contribution in [0.3, 0.4) is 0 Å². The van der Waals surface area contributed by atoms with Gasteiger partial charge in [-0.25, -0.2) is 9.97 Å². The van der Waals surface area contributed by atoms with Gasteiger partial charge in [0.05, 0.1) is 0 Å². The third-order valence-electron chi connectivity index (χ3n) is 6.39. The standard InChI is InChI=1S/C31H20N2O2/c1-3-7-28-26(5-1)32-30(34-28)15-11-20-9-13-24-22(17-20)19-23-18-21(10-14-25(23)24)12-16-31-33-27-6-2-4-8-29(27)35-31/h1-18H,19H2. The molecule has 0 amide bonds. The molecule has 0 bridgehead atoms. The van der Waals surface area contributed by atoms with E-state index in [1.807, 2.05) is 60.7 Å². The molecule has 1 aliphatic carbocycles. The van der Waals surface area contributed by atoms with Crippen LogP contribution in [0.2, 0.25) is 0 Å². The third-order valence-corrected chi connectivity index (χ3v) is 6.39. The van der Waals surface area contributed by atoms with Crippen molar-refractivity contribution in [2.75, 3.05) is 0 Å². The molecule has 6 aromatic rings. The number of hydrogen-bond acceptors (Lipinski definition) is 4. The van der Waals surface area contributed by atoms with E-state index in [9.17, 15) is 0 Å². The topological polar surface area (TPSA) is 52.1 Å². The molecule has 2 aromatic heterocycles. The monoisotopic (exact) mass is 452 g/mol. The first-order valence-corrected chi connectivity index (χ1v) is 11.6. The Morgan fingerprint density at radius 3 is 1.51 bits per heavy atom. The van der Waals surface area contributed by atoms with Crippen LogP contribution in [-0.2, 0) is 6.42 Å². The average molecular weight is 453 g/mol. The number of benzene rings is 4.